The molecule has 0 N–H and O–H groups in total. The molecule has 0 aliphatic heterocycles. The predicted octanol–water partition coefficient (Wildman–Crippen LogP) is 7.07. The summed E-state index contributed by atoms with van der Waals surface area (Å²) in [7, 11) is 2.52. The second-order valence-electron chi connectivity index (χ2n) is 10.6. The first-order valence-electron chi connectivity index (χ1n) is 14.5. The number of ether oxygens (including phenoxy) is 2. The van der Waals surface area contributed by atoms with Gasteiger partial charge in [-0.3, -0.25) is 14.2 Å². The average Bonchev–Trinajstić information content (AvgIpc) is 3.67. The first-order valence-corrected chi connectivity index (χ1v) is 16.4. The number of nitrogens with zero attached hydrogens (tertiary/aromatic N) is 3. The maximum atomic E-state index is 14.1. The number of fused-ring (bicyclic) bond motifs is 1. The highest BCUT2D eigenvalue weighted by Crippen LogP contribution is 2.33. The molecule has 9 nitrogen and oxygen atoms in total. The Morgan fingerprint density at radius 3 is 2.04 bits per heavy atom. The van der Waals surface area contributed by atoms with Crippen molar-refractivity contribution < 1.29 is 23.9 Å². The van der Waals surface area contributed by atoms with Gasteiger partial charge in [-0.05, 0) is 55.8 Å². The molecule has 0 unspecified atom stereocenters. The van der Waals surface area contributed by atoms with Gasteiger partial charge in [0.1, 0.15) is 4.83 Å². The molecule has 0 aliphatic carbocycles. The zero-order chi connectivity index (χ0) is 33.2. The van der Waals surface area contributed by atoms with E-state index in [-0.39, 0.29) is 28.2 Å². The van der Waals surface area contributed by atoms with Crippen LogP contribution in [-0.4, -0.2) is 51.8 Å². The van der Waals surface area contributed by atoms with E-state index < -0.39 is 11.9 Å². The Hall–Kier alpha value is -5.26. The average molecular weight is 664 g/mol. The number of Topliss-reactive ketones (excluding diaryl/α,β-unsaturated/α-hetero) is 1. The Kier molecular flexibility index (Phi) is 8.93. The van der Waals surface area contributed by atoms with Crippen molar-refractivity contribution in [3.63, 3.8) is 0 Å². The first-order chi connectivity index (χ1) is 22.7. The van der Waals surface area contributed by atoms with Gasteiger partial charge in [-0.2, -0.15) is 0 Å². The molecule has 0 saturated carbocycles. The van der Waals surface area contributed by atoms with Crippen molar-refractivity contribution in [1.29, 1.82) is 0 Å². The number of thioether (sulfide) groups is 1. The molecule has 3 aromatic heterocycles. The number of carbonyl (C=O) groups excluding carboxylic acids is 3. The number of rotatable bonds is 9. The van der Waals surface area contributed by atoms with Crippen LogP contribution in [0.5, 0.6) is 0 Å². The van der Waals surface area contributed by atoms with Gasteiger partial charge in [0, 0.05) is 33.6 Å². The van der Waals surface area contributed by atoms with E-state index >= 15 is 0 Å². The highest BCUT2D eigenvalue weighted by molar-refractivity contribution is 7.99. The molecule has 47 heavy (non-hydrogen) atoms. The Morgan fingerprint density at radius 2 is 1.43 bits per heavy atom. The van der Waals surface area contributed by atoms with Crippen molar-refractivity contribution in [2.24, 2.45) is 0 Å². The molecule has 6 rings (SSSR count). The molecule has 0 radical (unpaired) electrons. The molecule has 0 spiro atoms. The molecular weight excluding hydrogens is 635 g/mol. The molecular formula is C36H29N3O6S2. The van der Waals surface area contributed by atoms with Crippen LogP contribution in [-0.2, 0) is 9.47 Å². The smallest absolute Gasteiger partial charge is 0.337 e. The fourth-order valence-electron chi connectivity index (χ4n) is 5.57. The van der Waals surface area contributed by atoms with E-state index in [0.29, 0.717) is 38.0 Å². The van der Waals surface area contributed by atoms with E-state index in [9.17, 15) is 19.2 Å². The summed E-state index contributed by atoms with van der Waals surface area (Å²) in [6.07, 6.45) is 0. The number of ketones is 1. The standard InChI is InChI=1S/C36H29N3O6S2/c1-21-15-28(22(2)38(21)27-17-24(34(42)44-3)16-25(18-27)35(43)45-4)30(40)20-47-36-37-32-31(29(19-46-32)23-11-7-5-8-12-23)33(41)39(36)26-13-9-6-10-14-26/h5-19H,20H2,1-4H3. The molecule has 0 atom stereocenters. The summed E-state index contributed by atoms with van der Waals surface area (Å²) < 4.78 is 13.1. The fraction of sp³-hybridized carbons (Fsp3) is 0.139. The molecule has 0 bridgehead atoms. The summed E-state index contributed by atoms with van der Waals surface area (Å²) >= 11 is 2.59. The monoisotopic (exact) mass is 663 g/mol. The van der Waals surface area contributed by atoms with Gasteiger partial charge in [-0.15, -0.1) is 11.3 Å². The third-order valence-corrected chi connectivity index (χ3v) is 9.57. The largest absolute Gasteiger partial charge is 0.465 e. The lowest BCUT2D eigenvalue weighted by atomic mass is 10.1. The Balaban J connectivity index is 1.37. The lowest BCUT2D eigenvalue weighted by molar-refractivity contribution is 0.0598. The number of aromatic nitrogens is 3. The minimum Gasteiger partial charge on any atom is -0.465 e. The molecule has 236 valence electrons. The number of thiophene rings is 1. The summed E-state index contributed by atoms with van der Waals surface area (Å²) in [5.41, 5.74) is 4.86. The first kappa shape index (κ1) is 31.7. The summed E-state index contributed by atoms with van der Waals surface area (Å²) in [6, 6.07) is 25.4. The van der Waals surface area contributed by atoms with Crippen molar-refractivity contribution >= 4 is 51.0 Å². The number of esters is 2. The maximum absolute atomic E-state index is 14.1. The van der Waals surface area contributed by atoms with Crippen LogP contribution < -0.4 is 5.56 Å². The van der Waals surface area contributed by atoms with Crippen molar-refractivity contribution in [3.8, 4) is 22.5 Å². The number of aryl methyl sites for hydroxylation is 1. The summed E-state index contributed by atoms with van der Waals surface area (Å²) in [4.78, 5) is 58.2. The lowest BCUT2D eigenvalue weighted by Crippen LogP contribution is -2.22. The van der Waals surface area contributed by atoms with Crippen LogP contribution in [0.3, 0.4) is 0 Å². The lowest BCUT2D eigenvalue weighted by Gasteiger charge is -2.14. The number of carbonyl (C=O) groups is 3. The van der Waals surface area contributed by atoms with Crippen LogP contribution in [0.25, 0.3) is 32.7 Å². The van der Waals surface area contributed by atoms with Crippen molar-refractivity contribution in [1.82, 2.24) is 14.1 Å². The Morgan fingerprint density at radius 1 is 0.809 bits per heavy atom. The van der Waals surface area contributed by atoms with E-state index in [1.165, 1.54) is 43.4 Å². The third kappa shape index (κ3) is 6.02. The van der Waals surface area contributed by atoms with Crippen molar-refractivity contribution in [3.05, 3.63) is 129 Å². The quantitative estimate of drug-likeness (QED) is 0.0700. The van der Waals surface area contributed by atoms with E-state index in [0.717, 1.165) is 16.8 Å². The zero-order valence-electron chi connectivity index (χ0n) is 26.0. The van der Waals surface area contributed by atoms with Gasteiger partial charge in [0.05, 0.1) is 42.2 Å². The molecule has 3 heterocycles. The third-order valence-electron chi connectivity index (χ3n) is 7.76. The summed E-state index contributed by atoms with van der Waals surface area (Å²) in [6.45, 7) is 3.64. The Bertz CT molecular complexity index is 2180. The van der Waals surface area contributed by atoms with E-state index in [1.807, 2.05) is 73.0 Å². The normalized spacial score (nSPS) is 11.1. The molecule has 0 amide bonds. The minimum atomic E-state index is -0.609. The van der Waals surface area contributed by atoms with Gasteiger partial charge in [-0.1, -0.05) is 60.3 Å². The minimum absolute atomic E-state index is 0.0155. The highest BCUT2D eigenvalue weighted by atomic mass is 32.2. The molecule has 0 fully saturated rings. The molecule has 6 aromatic rings. The number of benzene rings is 3. The number of hydrogen-bond donors (Lipinski definition) is 0. The van der Waals surface area contributed by atoms with Crippen molar-refractivity contribution in [2.45, 2.75) is 19.0 Å². The van der Waals surface area contributed by atoms with Crippen LogP contribution in [0, 0.1) is 13.8 Å². The summed E-state index contributed by atoms with van der Waals surface area (Å²) in [5, 5.41) is 2.88. The van der Waals surface area contributed by atoms with E-state index in [2.05, 4.69) is 0 Å². The van der Waals surface area contributed by atoms with Gasteiger partial charge in [0.25, 0.3) is 5.56 Å². The van der Waals surface area contributed by atoms with Gasteiger partial charge in [0.15, 0.2) is 10.9 Å². The van der Waals surface area contributed by atoms with Gasteiger partial charge >= 0.3 is 11.9 Å². The van der Waals surface area contributed by atoms with Gasteiger partial charge in [0.2, 0.25) is 0 Å². The maximum Gasteiger partial charge on any atom is 0.337 e. The molecule has 0 aliphatic rings. The number of hydrogen-bond acceptors (Lipinski definition) is 9. The second-order valence-corrected chi connectivity index (χ2v) is 12.5. The number of para-hydroxylation sites is 1. The fourth-order valence-corrected chi connectivity index (χ4v) is 7.45. The van der Waals surface area contributed by atoms with Gasteiger partial charge in [-0.25, -0.2) is 14.6 Å². The van der Waals surface area contributed by atoms with E-state index in [4.69, 9.17) is 14.5 Å². The number of methoxy groups -OCH3 is 2. The summed E-state index contributed by atoms with van der Waals surface area (Å²) in [5.74, 6) is -1.37. The van der Waals surface area contributed by atoms with Gasteiger partial charge < -0.3 is 14.0 Å². The topological polar surface area (TPSA) is 109 Å². The van der Waals surface area contributed by atoms with Crippen LogP contribution in [0.1, 0.15) is 42.5 Å². The SMILES string of the molecule is COC(=O)c1cc(C(=O)OC)cc(-n2c(C)cc(C(=O)CSc3nc4scc(-c5ccccc5)c4c(=O)n3-c3ccccc3)c2C)c1. The highest BCUT2D eigenvalue weighted by Gasteiger charge is 2.23. The van der Waals surface area contributed by atoms with E-state index in [1.54, 1.807) is 34.3 Å². The molecule has 11 heteroatoms. The van der Waals surface area contributed by atoms with Crippen LogP contribution in [0.15, 0.2) is 100 Å². The molecule has 0 saturated heterocycles. The Labute approximate surface area is 278 Å². The predicted molar refractivity (Wildman–Crippen MR) is 184 cm³/mol. The van der Waals surface area contributed by atoms with Crippen LogP contribution >= 0.6 is 23.1 Å². The van der Waals surface area contributed by atoms with Crippen LogP contribution in [0.4, 0.5) is 0 Å². The zero-order valence-corrected chi connectivity index (χ0v) is 27.6. The van der Waals surface area contributed by atoms with Crippen LogP contribution in [0.2, 0.25) is 0 Å². The second kappa shape index (κ2) is 13.2. The molecule has 3 aromatic carbocycles. The van der Waals surface area contributed by atoms with Crippen molar-refractivity contribution in [2.75, 3.05) is 20.0 Å².